The van der Waals surface area contributed by atoms with Gasteiger partial charge < -0.3 is 9.64 Å². The van der Waals surface area contributed by atoms with Crippen LogP contribution < -0.4 is 0 Å². The van der Waals surface area contributed by atoms with Crippen molar-refractivity contribution in [2.24, 2.45) is 0 Å². The zero-order valence-corrected chi connectivity index (χ0v) is 17.8. The zero-order chi connectivity index (χ0) is 21.4. The molecule has 4 aromatic rings. The van der Waals surface area contributed by atoms with Gasteiger partial charge >= 0.3 is 0 Å². The number of rotatable bonds is 5. The number of fused-ring (bicyclic) bond motifs is 3. The van der Waals surface area contributed by atoms with Crippen LogP contribution in [0.25, 0.3) is 16.6 Å². The van der Waals surface area contributed by atoms with Crippen LogP contribution in [0.1, 0.15) is 39.9 Å². The van der Waals surface area contributed by atoms with E-state index in [9.17, 15) is 4.79 Å². The minimum absolute atomic E-state index is 0.00299. The molecule has 0 unspecified atom stereocenters. The lowest BCUT2D eigenvalue weighted by Crippen LogP contribution is -2.37. The van der Waals surface area contributed by atoms with Crippen LogP contribution in [0.2, 0.25) is 0 Å². The highest BCUT2D eigenvalue weighted by Gasteiger charge is 2.25. The third kappa shape index (κ3) is 3.77. The number of aryl methyl sites for hydroxylation is 2. The molecule has 2 aromatic carbocycles. The minimum Gasteiger partial charge on any atom is -0.376 e. The Morgan fingerprint density at radius 1 is 1.19 bits per heavy atom. The normalized spacial score (nSPS) is 16.3. The number of nitrogens with zero attached hydrogens (tertiary/aromatic N) is 5. The Morgan fingerprint density at radius 2 is 2.06 bits per heavy atom. The number of carbonyl (C=O) groups is 1. The summed E-state index contributed by atoms with van der Waals surface area (Å²) in [7, 11) is 0. The second-order valence-corrected chi connectivity index (χ2v) is 8.28. The maximum atomic E-state index is 13.6. The second kappa shape index (κ2) is 8.07. The number of benzene rings is 2. The predicted octanol–water partition coefficient (Wildman–Crippen LogP) is 3.72. The lowest BCUT2D eigenvalue weighted by Gasteiger charge is -2.26. The summed E-state index contributed by atoms with van der Waals surface area (Å²) >= 11 is 0. The van der Waals surface area contributed by atoms with Gasteiger partial charge in [0.2, 0.25) is 0 Å². The van der Waals surface area contributed by atoms with Gasteiger partial charge in [0, 0.05) is 36.2 Å². The van der Waals surface area contributed by atoms with Crippen LogP contribution in [0.3, 0.4) is 0 Å². The molecule has 1 fully saturated rings. The van der Waals surface area contributed by atoms with Crippen molar-refractivity contribution in [3.05, 3.63) is 70.8 Å². The quantitative estimate of drug-likeness (QED) is 0.497. The van der Waals surface area contributed by atoms with E-state index in [4.69, 9.17) is 4.74 Å². The Morgan fingerprint density at radius 3 is 2.87 bits per heavy atom. The van der Waals surface area contributed by atoms with E-state index >= 15 is 0 Å². The fourth-order valence-corrected chi connectivity index (χ4v) is 4.32. The van der Waals surface area contributed by atoms with Crippen LogP contribution in [-0.2, 0) is 11.3 Å². The number of aromatic nitrogens is 4. The molecule has 1 saturated heterocycles. The van der Waals surface area contributed by atoms with E-state index in [1.807, 2.05) is 43.0 Å². The second-order valence-electron chi connectivity index (χ2n) is 8.28. The number of pyridine rings is 1. The fraction of sp³-hybridized carbons (Fsp3) is 0.333. The number of hydrogen-bond acceptors (Lipinski definition) is 5. The molecule has 0 radical (unpaired) electrons. The molecule has 31 heavy (non-hydrogen) atoms. The molecule has 158 valence electrons. The van der Waals surface area contributed by atoms with Gasteiger partial charge in [0.25, 0.3) is 5.91 Å². The molecule has 0 spiro atoms. The van der Waals surface area contributed by atoms with Crippen LogP contribution in [-0.4, -0.2) is 50.1 Å². The van der Waals surface area contributed by atoms with Gasteiger partial charge in [0.15, 0.2) is 5.65 Å². The monoisotopic (exact) mass is 415 g/mol. The highest BCUT2D eigenvalue weighted by molar-refractivity contribution is 5.96. The van der Waals surface area contributed by atoms with Crippen LogP contribution in [0.15, 0.2) is 48.5 Å². The first-order valence-electron chi connectivity index (χ1n) is 10.7. The Balaban J connectivity index is 1.56. The van der Waals surface area contributed by atoms with Crippen LogP contribution in [0.4, 0.5) is 0 Å². The molecule has 1 aliphatic rings. The van der Waals surface area contributed by atoms with E-state index in [0.717, 1.165) is 47.0 Å². The number of carbonyl (C=O) groups excluding carboxylic acids is 1. The van der Waals surface area contributed by atoms with Crippen LogP contribution in [0.5, 0.6) is 0 Å². The first kappa shape index (κ1) is 19.6. The molecule has 1 atom stereocenters. The van der Waals surface area contributed by atoms with Gasteiger partial charge in [-0.2, -0.15) is 4.52 Å². The smallest absolute Gasteiger partial charge is 0.254 e. The largest absolute Gasteiger partial charge is 0.376 e. The molecule has 5 rings (SSSR count). The van der Waals surface area contributed by atoms with Crippen LogP contribution in [0, 0.1) is 13.8 Å². The summed E-state index contributed by atoms with van der Waals surface area (Å²) < 4.78 is 7.62. The molecule has 0 N–H and O–H groups in total. The maximum absolute atomic E-state index is 13.6. The average Bonchev–Trinajstić information content (AvgIpc) is 3.46. The first-order valence-corrected chi connectivity index (χ1v) is 10.7. The van der Waals surface area contributed by atoms with E-state index < -0.39 is 0 Å². The van der Waals surface area contributed by atoms with Gasteiger partial charge in [-0.1, -0.05) is 30.3 Å². The van der Waals surface area contributed by atoms with Crippen molar-refractivity contribution < 1.29 is 9.53 Å². The molecule has 7 nitrogen and oxygen atoms in total. The Bertz CT molecular complexity index is 1260. The first-order chi connectivity index (χ1) is 15.1. The van der Waals surface area contributed by atoms with Crippen molar-refractivity contribution >= 4 is 22.5 Å². The Hall–Kier alpha value is -3.32. The fourth-order valence-electron chi connectivity index (χ4n) is 4.32. The third-order valence-corrected chi connectivity index (χ3v) is 5.97. The zero-order valence-electron chi connectivity index (χ0n) is 17.8. The molecule has 0 bridgehead atoms. The molecule has 2 aromatic heterocycles. The van der Waals surface area contributed by atoms with Crippen molar-refractivity contribution in [1.29, 1.82) is 0 Å². The summed E-state index contributed by atoms with van der Waals surface area (Å²) in [6.07, 6.45) is 2.06. The van der Waals surface area contributed by atoms with Crippen molar-refractivity contribution in [3.63, 3.8) is 0 Å². The molecule has 0 aliphatic carbocycles. The molecule has 0 saturated carbocycles. The van der Waals surface area contributed by atoms with Gasteiger partial charge in [-0.15, -0.1) is 5.10 Å². The summed E-state index contributed by atoms with van der Waals surface area (Å²) in [4.78, 5) is 15.4. The molecular weight excluding hydrogens is 390 g/mol. The van der Waals surface area contributed by atoms with Gasteiger partial charge in [-0.05, 0) is 66.4 Å². The Kier molecular flexibility index (Phi) is 5.11. The van der Waals surface area contributed by atoms with E-state index in [0.29, 0.717) is 24.3 Å². The maximum Gasteiger partial charge on any atom is 0.254 e. The van der Waals surface area contributed by atoms with Gasteiger partial charge in [0.1, 0.15) is 0 Å². The topological polar surface area (TPSA) is 72.6 Å². The lowest BCUT2D eigenvalue weighted by molar-refractivity contribution is 0.0507. The standard InChI is InChI=1S/C24H25N5O2/c1-16-9-10-18-13-19(23-25-26-27-29(23)22(18)12-16)14-28(15-20-7-5-11-31-20)24(30)21-8-4-3-6-17(21)2/h3-4,6,8-10,12-13,20H,5,7,11,14-15H2,1-2H3/t20-/m1/s1. The SMILES string of the molecule is Cc1ccc2cc(CN(C[C@H]3CCCO3)C(=O)c3ccccc3C)c3nnnn3c2c1. The number of amides is 1. The summed E-state index contributed by atoms with van der Waals surface area (Å²) in [5.74, 6) is 0.00299. The predicted molar refractivity (Wildman–Crippen MR) is 118 cm³/mol. The number of hydrogen-bond donors (Lipinski definition) is 0. The average molecular weight is 415 g/mol. The number of tetrazole rings is 1. The molecule has 1 aliphatic heterocycles. The van der Waals surface area contributed by atoms with Gasteiger partial charge in [0.05, 0.1) is 11.6 Å². The lowest BCUT2D eigenvalue weighted by atomic mass is 10.1. The van der Waals surface area contributed by atoms with Gasteiger partial charge in [-0.3, -0.25) is 4.79 Å². The van der Waals surface area contributed by atoms with Crippen LogP contribution >= 0.6 is 0 Å². The van der Waals surface area contributed by atoms with E-state index in [2.05, 4.69) is 39.8 Å². The highest BCUT2D eigenvalue weighted by atomic mass is 16.5. The van der Waals surface area contributed by atoms with E-state index in [1.54, 1.807) is 4.52 Å². The van der Waals surface area contributed by atoms with E-state index in [1.165, 1.54) is 0 Å². The molecule has 7 heteroatoms. The van der Waals surface area contributed by atoms with Crippen molar-refractivity contribution in [3.8, 4) is 0 Å². The minimum atomic E-state index is 0.00299. The number of ether oxygens (including phenoxy) is 1. The van der Waals surface area contributed by atoms with Crippen molar-refractivity contribution in [2.75, 3.05) is 13.2 Å². The van der Waals surface area contributed by atoms with Crippen molar-refractivity contribution in [2.45, 2.75) is 39.3 Å². The molecule has 1 amide bonds. The summed E-state index contributed by atoms with van der Waals surface area (Å²) in [6.45, 7) is 5.74. The Labute approximate surface area is 180 Å². The summed E-state index contributed by atoms with van der Waals surface area (Å²) in [5.41, 5.74) is 5.38. The summed E-state index contributed by atoms with van der Waals surface area (Å²) in [6, 6.07) is 16.0. The van der Waals surface area contributed by atoms with Gasteiger partial charge in [-0.25, -0.2) is 0 Å². The third-order valence-electron chi connectivity index (χ3n) is 5.97. The summed E-state index contributed by atoms with van der Waals surface area (Å²) in [5, 5.41) is 13.4. The van der Waals surface area contributed by atoms with E-state index in [-0.39, 0.29) is 12.0 Å². The van der Waals surface area contributed by atoms with Crippen molar-refractivity contribution in [1.82, 2.24) is 24.9 Å². The molecular formula is C24H25N5O2. The molecule has 3 heterocycles. The highest BCUT2D eigenvalue weighted by Crippen LogP contribution is 2.24.